The summed E-state index contributed by atoms with van der Waals surface area (Å²) in [5.74, 6) is 0. The van der Waals surface area contributed by atoms with E-state index in [1.807, 2.05) is 25.7 Å². The molecule has 2 heterocycles. The van der Waals surface area contributed by atoms with Crippen molar-refractivity contribution in [2.45, 2.75) is 45.9 Å². The van der Waals surface area contributed by atoms with Crippen molar-refractivity contribution >= 4 is 6.09 Å². The van der Waals surface area contributed by atoms with Gasteiger partial charge in [0.05, 0.1) is 0 Å². The van der Waals surface area contributed by atoms with Crippen molar-refractivity contribution in [3.63, 3.8) is 0 Å². The summed E-state index contributed by atoms with van der Waals surface area (Å²) in [6.07, 6.45) is -0.174. The van der Waals surface area contributed by atoms with Crippen LogP contribution in [0.4, 0.5) is 4.79 Å². The van der Waals surface area contributed by atoms with Crippen molar-refractivity contribution in [3.05, 3.63) is 35.9 Å². The molecule has 1 atom stereocenters. The molecule has 1 amide bonds. The monoisotopic (exact) mass is 302 g/mol. The number of hydrogen-bond donors (Lipinski definition) is 0. The molecule has 0 bridgehead atoms. The molecule has 0 saturated carbocycles. The maximum absolute atomic E-state index is 12.0. The zero-order valence-corrected chi connectivity index (χ0v) is 14.0. The Balaban J connectivity index is 1.50. The Labute approximate surface area is 133 Å². The van der Waals surface area contributed by atoms with E-state index >= 15 is 0 Å². The lowest BCUT2D eigenvalue weighted by Crippen LogP contribution is -2.76. The Morgan fingerprint density at radius 3 is 2.41 bits per heavy atom. The molecule has 120 valence electrons. The minimum Gasteiger partial charge on any atom is -0.444 e. The number of likely N-dealkylation sites (tertiary alicyclic amines) is 2. The largest absolute Gasteiger partial charge is 0.444 e. The smallest absolute Gasteiger partial charge is 0.410 e. The number of carbonyl (C=O) groups is 1. The highest BCUT2D eigenvalue weighted by Crippen LogP contribution is 2.46. The van der Waals surface area contributed by atoms with Crippen LogP contribution in [0.3, 0.4) is 0 Å². The fourth-order valence-corrected chi connectivity index (χ4v) is 3.49. The summed E-state index contributed by atoms with van der Waals surface area (Å²) in [4.78, 5) is 16.4. The molecule has 2 aliphatic rings. The molecule has 4 heteroatoms. The van der Waals surface area contributed by atoms with Gasteiger partial charge in [0.25, 0.3) is 0 Å². The first-order chi connectivity index (χ1) is 10.3. The summed E-state index contributed by atoms with van der Waals surface area (Å²) in [7, 11) is 0. The van der Waals surface area contributed by atoms with Gasteiger partial charge in [0, 0.05) is 37.6 Å². The predicted octanol–water partition coefficient (Wildman–Crippen LogP) is 3.13. The second-order valence-electron chi connectivity index (χ2n) is 7.77. The third-order valence-electron chi connectivity index (χ3n) is 4.84. The van der Waals surface area contributed by atoms with Crippen LogP contribution in [-0.4, -0.2) is 47.2 Å². The zero-order chi connectivity index (χ0) is 16.0. The van der Waals surface area contributed by atoms with Crippen molar-refractivity contribution in [1.29, 1.82) is 0 Å². The van der Waals surface area contributed by atoms with Crippen molar-refractivity contribution in [3.8, 4) is 0 Å². The second kappa shape index (κ2) is 5.27. The van der Waals surface area contributed by atoms with Crippen molar-refractivity contribution in [1.82, 2.24) is 9.80 Å². The summed E-state index contributed by atoms with van der Waals surface area (Å²) in [6.45, 7) is 11.7. The summed E-state index contributed by atoms with van der Waals surface area (Å²) in [6, 6.07) is 11.1. The number of ether oxygens (including phenoxy) is 1. The van der Waals surface area contributed by atoms with E-state index in [2.05, 4.69) is 42.2 Å². The molecule has 1 spiro atoms. The van der Waals surface area contributed by atoms with Gasteiger partial charge in [-0.05, 0) is 33.3 Å². The molecule has 0 N–H and O–H groups in total. The van der Waals surface area contributed by atoms with Gasteiger partial charge in [-0.1, -0.05) is 30.3 Å². The Morgan fingerprint density at radius 1 is 1.23 bits per heavy atom. The van der Waals surface area contributed by atoms with Gasteiger partial charge in [-0.2, -0.15) is 0 Å². The second-order valence-corrected chi connectivity index (χ2v) is 7.77. The van der Waals surface area contributed by atoms with Crippen LogP contribution in [0.15, 0.2) is 30.3 Å². The molecule has 1 aromatic carbocycles. The predicted molar refractivity (Wildman–Crippen MR) is 86.6 cm³/mol. The van der Waals surface area contributed by atoms with E-state index in [9.17, 15) is 4.79 Å². The first-order valence-corrected chi connectivity index (χ1v) is 8.05. The van der Waals surface area contributed by atoms with Crippen molar-refractivity contribution in [2.24, 2.45) is 5.41 Å². The van der Waals surface area contributed by atoms with E-state index in [0.29, 0.717) is 6.04 Å². The minimum atomic E-state index is -0.412. The molecule has 2 fully saturated rings. The molecule has 2 saturated heterocycles. The van der Waals surface area contributed by atoms with Crippen LogP contribution >= 0.6 is 0 Å². The lowest BCUT2D eigenvalue weighted by atomic mass is 9.66. The van der Waals surface area contributed by atoms with Gasteiger partial charge < -0.3 is 9.64 Å². The third kappa shape index (κ3) is 2.84. The maximum Gasteiger partial charge on any atom is 0.410 e. The first kappa shape index (κ1) is 15.3. The average molecular weight is 302 g/mol. The van der Waals surface area contributed by atoms with Gasteiger partial charge in [-0.3, -0.25) is 4.90 Å². The molecule has 0 radical (unpaired) electrons. The fourth-order valence-electron chi connectivity index (χ4n) is 3.49. The van der Waals surface area contributed by atoms with E-state index < -0.39 is 5.60 Å². The number of benzene rings is 1. The fraction of sp³-hybridized carbons (Fsp3) is 0.611. The Kier molecular flexibility index (Phi) is 3.68. The Hall–Kier alpha value is -1.55. The molecule has 1 unspecified atom stereocenters. The number of carbonyl (C=O) groups excluding carboxylic acids is 1. The molecule has 2 aliphatic heterocycles. The van der Waals surface area contributed by atoms with Crippen LogP contribution in [0.25, 0.3) is 0 Å². The lowest BCUT2D eigenvalue weighted by Gasteiger charge is -2.64. The molecule has 4 nitrogen and oxygen atoms in total. The molecule has 0 aliphatic carbocycles. The Bertz CT molecular complexity index is 544. The summed E-state index contributed by atoms with van der Waals surface area (Å²) >= 11 is 0. The topological polar surface area (TPSA) is 32.8 Å². The van der Waals surface area contributed by atoms with Crippen LogP contribution in [0, 0.1) is 5.41 Å². The summed E-state index contributed by atoms with van der Waals surface area (Å²) in [5, 5.41) is 0. The Morgan fingerprint density at radius 2 is 1.86 bits per heavy atom. The lowest BCUT2D eigenvalue weighted by molar-refractivity contribution is -0.156. The highest BCUT2D eigenvalue weighted by atomic mass is 16.6. The van der Waals surface area contributed by atoms with Gasteiger partial charge in [-0.15, -0.1) is 0 Å². The number of nitrogens with zero attached hydrogens (tertiary/aromatic N) is 2. The van der Waals surface area contributed by atoms with E-state index in [4.69, 9.17) is 4.74 Å². The molecular formula is C18H26N2O2. The van der Waals surface area contributed by atoms with E-state index in [1.54, 1.807) is 0 Å². The number of hydrogen-bond acceptors (Lipinski definition) is 3. The quantitative estimate of drug-likeness (QED) is 0.841. The zero-order valence-electron chi connectivity index (χ0n) is 14.0. The van der Waals surface area contributed by atoms with Crippen LogP contribution in [0.5, 0.6) is 0 Å². The van der Waals surface area contributed by atoms with Crippen molar-refractivity contribution in [2.75, 3.05) is 19.6 Å². The van der Waals surface area contributed by atoms with Crippen LogP contribution < -0.4 is 0 Å². The van der Waals surface area contributed by atoms with Gasteiger partial charge in [0.1, 0.15) is 5.60 Å². The number of rotatable bonds is 2. The summed E-state index contributed by atoms with van der Waals surface area (Å²) in [5.41, 5.74) is 1.23. The SMILES string of the molecule is CC1N(Cc2ccccc2)CC12CN(C(=O)OC(C)(C)C)C2. The summed E-state index contributed by atoms with van der Waals surface area (Å²) < 4.78 is 5.43. The van der Waals surface area contributed by atoms with E-state index in [0.717, 1.165) is 26.2 Å². The van der Waals surface area contributed by atoms with Crippen LogP contribution in [0.2, 0.25) is 0 Å². The maximum atomic E-state index is 12.0. The van der Waals surface area contributed by atoms with Gasteiger partial charge >= 0.3 is 6.09 Å². The molecule has 1 aromatic rings. The minimum absolute atomic E-state index is 0.174. The molecule has 0 aromatic heterocycles. The van der Waals surface area contributed by atoms with Gasteiger partial charge in [0.2, 0.25) is 0 Å². The van der Waals surface area contributed by atoms with Crippen LogP contribution in [-0.2, 0) is 11.3 Å². The van der Waals surface area contributed by atoms with Gasteiger partial charge in [-0.25, -0.2) is 4.79 Å². The standard InChI is InChI=1S/C18H26N2O2/c1-14-18(11-19(14)10-15-8-6-5-7-9-15)12-20(13-18)16(21)22-17(2,3)4/h5-9,14H,10-13H2,1-4H3. The first-order valence-electron chi connectivity index (χ1n) is 8.05. The number of amides is 1. The molecule has 3 rings (SSSR count). The highest BCUT2D eigenvalue weighted by Gasteiger charge is 2.58. The molecular weight excluding hydrogens is 276 g/mol. The van der Waals surface area contributed by atoms with E-state index in [1.165, 1.54) is 5.56 Å². The van der Waals surface area contributed by atoms with Crippen molar-refractivity contribution < 1.29 is 9.53 Å². The average Bonchev–Trinajstić information content (AvgIpc) is 2.39. The van der Waals surface area contributed by atoms with Crippen LogP contribution in [0.1, 0.15) is 33.3 Å². The third-order valence-corrected chi connectivity index (χ3v) is 4.84. The highest BCUT2D eigenvalue weighted by molar-refractivity contribution is 5.69. The normalized spacial score (nSPS) is 23.8. The van der Waals surface area contributed by atoms with E-state index in [-0.39, 0.29) is 11.5 Å². The van der Waals surface area contributed by atoms with Gasteiger partial charge in [0.15, 0.2) is 0 Å². The molecule has 22 heavy (non-hydrogen) atoms.